The van der Waals surface area contributed by atoms with E-state index in [0.717, 1.165) is 5.56 Å². The number of esters is 1. The molecule has 0 saturated carbocycles. The Labute approximate surface area is 188 Å². The second-order valence-electron chi connectivity index (χ2n) is 8.53. The van der Waals surface area contributed by atoms with Crippen LogP contribution in [0.1, 0.15) is 51.7 Å². The van der Waals surface area contributed by atoms with E-state index in [0.29, 0.717) is 22.8 Å². The van der Waals surface area contributed by atoms with Gasteiger partial charge in [0.15, 0.2) is 0 Å². The maximum atomic E-state index is 12.8. The number of allylic oxidation sites excluding steroid dienone is 2. The summed E-state index contributed by atoms with van der Waals surface area (Å²) in [6.45, 7) is 9.95. The van der Waals surface area contributed by atoms with Crippen LogP contribution in [0.3, 0.4) is 0 Å². The van der Waals surface area contributed by atoms with Gasteiger partial charge in [0.25, 0.3) is 0 Å². The molecule has 0 radical (unpaired) electrons. The highest BCUT2D eigenvalue weighted by Gasteiger charge is 2.37. The Morgan fingerprint density at radius 2 is 1.91 bits per heavy atom. The number of nitrogens with zero attached hydrogens (tertiary/aromatic N) is 1. The summed E-state index contributed by atoms with van der Waals surface area (Å²) in [5, 5.41) is 9.83. The molecule has 166 valence electrons. The van der Waals surface area contributed by atoms with Gasteiger partial charge < -0.3 is 19.9 Å². The Morgan fingerprint density at radius 3 is 2.56 bits per heavy atom. The Bertz CT molecular complexity index is 1130. The van der Waals surface area contributed by atoms with Gasteiger partial charge in [0.2, 0.25) is 5.88 Å². The summed E-state index contributed by atoms with van der Waals surface area (Å²) in [4.78, 5) is 12.8. The van der Waals surface area contributed by atoms with Gasteiger partial charge in [-0.3, -0.25) is 0 Å². The molecule has 1 atom stereocenters. The molecule has 0 spiro atoms. The van der Waals surface area contributed by atoms with Crippen molar-refractivity contribution in [1.29, 1.82) is 5.26 Å². The molecule has 6 nitrogen and oxygen atoms in total. The van der Waals surface area contributed by atoms with Crippen LogP contribution in [-0.2, 0) is 19.7 Å². The third-order valence-electron chi connectivity index (χ3n) is 5.26. The summed E-state index contributed by atoms with van der Waals surface area (Å²) in [5.41, 5.74) is 8.10. The van der Waals surface area contributed by atoms with Crippen molar-refractivity contribution in [1.82, 2.24) is 0 Å². The van der Waals surface area contributed by atoms with Crippen LogP contribution in [0.4, 0.5) is 0 Å². The first-order chi connectivity index (χ1) is 15.2. The lowest BCUT2D eigenvalue weighted by Gasteiger charge is -2.28. The summed E-state index contributed by atoms with van der Waals surface area (Å²) in [6.07, 6.45) is 0. The normalized spacial score (nSPS) is 16.3. The molecule has 3 rings (SSSR count). The van der Waals surface area contributed by atoms with E-state index in [1.165, 1.54) is 0 Å². The third kappa shape index (κ3) is 4.62. The number of carbonyl (C=O) groups is 1. The van der Waals surface area contributed by atoms with Gasteiger partial charge in [-0.05, 0) is 43.0 Å². The highest BCUT2D eigenvalue weighted by Crippen LogP contribution is 2.44. The van der Waals surface area contributed by atoms with Gasteiger partial charge in [0.05, 0.1) is 18.1 Å². The number of carbonyl (C=O) groups excluding carboxylic acids is 1. The molecule has 0 bridgehead atoms. The van der Waals surface area contributed by atoms with Crippen molar-refractivity contribution in [2.45, 2.75) is 46.0 Å². The lowest BCUT2D eigenvalue weighted by atomic mass is 9.82. The van der Waals surface area contributed by atoms with Crippen molar-refractivity contribution in [2.24, 2.45) is 5.73 Å². The Kier molecular flexibility index (Phi) is 6.59. The second kappa shape index (κ2) is 9.19. The van der Waals surface area contributed by atoms with Crippen molar-refractivity contribution >= 4 is 5.97 Å². The zero-order valence-corrected chi connectivity index (χ0v) is 19.1. The molecule has 1 aliphatic rings. The molecule has 0 fully saturated rings. The largest absolute Gasteiger partial charge is 0.463 e. The number of hydrogen-bond acceptors (Lipinski definition) is 6. The van der Waals surface area contributed by atoms with Crippen LogP contribution in [0.2, 0.25) is 0 Å². The van der Waals surface area contributed by atoms with Crippen molar-refractivity contribution in [2.75, 3.05) is 6.61 Å². The molecule has 2 N–H and O–H groups in total. The number of ether oxygens (including phenoxy) is 3. The van der Waals surface area contributed by atoms with Gasteiger partial charge in [-0.1, -0.05) is 51.1 Å². The highest BCUT2D eigenvalue weighted by atomic mass is 16.5. The zero-order valence-electron chi connectivity index (χ0n) is 19.1. The van der Waals surface area contributed by atoms with E-state index < -0.39 is 11.9 Å². The molecule has 0 saturated heterocycles. The summed E-state index contributed by atoms with van der Waals surface area (Å²) < 4.78 is 17.0. The molecular weight excluding hydrogens is 404 g/mol. The lowest BCUT2D eigenvalue weighted by Crippen LogP contribution is -2.25. The first-order valence-electron chi connectivity index (χ1n) is 10.5. The van der Waals surface area contributed by atoms with Gasteiger partial charge >= 0.3 is 5.97 Å². The fraction of sp³-hybridized carbons (Fsp3) is 0.308. The molecule has 1 heterocycles. The Balaban J connectivity index is 2.12. The van der Waals surface area contributed by atoms with Gasteiger partial charge in [-0.2, -0.15) is 5.26 Å². The average molecular weight is 433 g/mol. The number of rotatable bonds is 5. The van der Waals surface area contributed by atoms with Crippen LogP contribution < -0.4 is 10.5 Å². The topological polar surface area (TPSA) is 94.6 Å². The van der Waals surface area contributed by atoms with E-state index >= 15 is 0 Å². The Hall–Kier alpha value is -3.72. The van der Waals surface area contributed by atoms with Crippen LogP contribution in [-0.4, -0.2) is 12.6 Å². The van der Waals surface area contributed by atoms with Crippen LogP contribution in [0.25, 0.3) is 0 Å². The average Bonchev–Trinajstić information content (AvgIpc) is 2.73. The minimum absolute atomic E-state index is 0.0346. The zero-order chi connectivity index (χ0) is 23.5. The van der Waals surface area contributed by atoms with E-state index in [1.807, 2.05) is 36.4 Å². The van der Waals surface area contributed by atoms with Gasteiger partial charge in [0, 0.05) is 5.56 Å². The van der Waals surface area contributed by atoms with E-state index in [4.69, 9.17) is 19.9 Å². The minimum Gasteiger partial charge on any atom is -0.463 e. The molecule has 0 aliphatic carbocycles. The SMILES string of the molecule is CCOC(=O)C1=C(C)OC(N)=C(C#N)C1c1ccccc1Oc1cccc(C(C)(C)C)c1. The van der Waals surface area contributed by atoms with Gasteiger partial charge in [-0.25, -0.2) is 4.79 Å². The molecular formula is C26H28N2O4. The van der Waals surface area contributed by atoms with Gasteiger partial charge in [-0.15, -0.1) is 0 Å². The molecule has 2 aromatic rings. The summed E-state index contributed by atoms with van der Waals surface area (Å²) in [6, 6.07) is 17.2. The minimum atomic E-state index is -0.769. The first-order valence-corrected chi connectivity index (χ1v) is 10.5. The van der Waals surface area contributed by atoms with Crippen LogP contribution in [0.15, 0.2) is 71.3 Å². The maximum Gasteiger partial charge on any atom is 0.338 e. The number of nitrogens with two attached hydrogens (primary N) is 1. The highest BCUT2D eigenvalue weighted by molar-refractivity contribution is 5.92. The predicted octanol–water partition coefficient (Wildman–Crippen LogP) is 5.42. The predicted molar refractivity (Wildman–Crippen MR) is 122 cm³/mol. The molecule has 1 unspecified atom stereocenters. The molecule has 32 heavy (non-hydrogen) atoms. The number of benzene rings is 2. The maximum absolute atomic E-state index is 12.8. The molecule has 0 amide bonds. The third-order valence-corrected chi connectivity index (χ3v) is 5.26. The van der Waals surface area contributed by atoms with E-state index in [9.17, 15) is 10.1 Å². The van der Waals surface area contributed by atoms with Crippen molar-refractivity contribution in [3.8, 4) is 17.6 Å². The number of hydrogen-bond donors (Lipinski definition) is 1. The Morgan fingerprint density at radius 1 is 1.19 bits per heavy atom. The molecule has 0 aromatic heterocycles. The smallest absolute Gasteiger partial charge is 0.338 e. The van der Waals surface area contributed by atoms with Crippen molar-refractivity contribution in [3.05, 3.63) is 82.4 Å². The van der Waals surface area contributed by atoms with E-state index in [-0.39, 0.29) is 29.1 Å². The standard InChI is InChI=1S/C26H28N2O4/c1-6-30-25(29)22-16(2)31-24(28)20(15-27)23(22)19-12-7-8-13-21(19)32-18-11-9-10-17(14-18)26(3,4)5/h7-14,23H,6,28H2,1-5H3. The van der Waals surface area contributed by atoms with Crippen LogP contribution in [0.5, 0.6) is 11.5 Å². The number of para-hydroxylation sites is 1. The van der Waals surface area contributed by atoms with Crippen LogP contribution >= 0.6 is 0 Å². The molecule has 1 aliphatic heterocycles. The van der Waals surface area contributed by atoms with Crippen molar-refractivity contribution < 1.29 is 19.0 Å². The molecule has 6 heteroatoms. The second-order valence-corrected chi connectivity index (χ2v) is 8.53. The first kappa shape index (κ1) is 23.0. The van der Waals surface area contributed by atoms with E-state index in [2.05, 4.69) is 32.9 Å². The monoisotopic (exact) mass is 432 g/mol. The summed E-state index contributed by atoms with van der Waals surface area (Å²) >= 11 is 0. The quantitative estimate of drug-likeness (QED) is 0.634. The van der Waals surface area contributed by atoms with E-state index in [1.54, 1.807) is 19.9 Å². The fourth-order valence-electron chi connectivity index (χ4n) is 3.63. The van der Waals surface area contributed by atoms with Crippen molar-refractivity contribution in [3.63, 3.8) is 0 Å². The summed E-state index contributed by atoms with van der Waals surface area (Å²) in [5.74, 6) is 0.114. The number of nitriles is 1. The fourth-order valence-corrected chi connectivity index (χ4v) is 3.63. The lowest BCUT2D eigenvalue weighted by molar-refractivity contribution is -0.139. The van der Waals surface area contributed by atoms with Gasteiger partial charge in [0.1, 0.15) is 28.9 Å². The molecule has 2 aromatic carbocycles. The summed E-state index contributed by atoms with van der Waals surface area (Å²) in [7, 11) is 0. The van der Waals surface area contributed by atoms with Crippen LogP contribution in [0, 0.1) is 11.3 Å².